The molecule has 18 heavy (non-hydrogen) atoms. The van der Waals surface area contributed by atoms with Crippen LogP contribution in [0, 0.1) is 11.3 Å². The number of hydrogen-bond acceptors (Lipinski definition) is 3. The van der Waals surface area contributed by atoms with Crippen molar-refractivity contribution in [2.24, 2.45) is 0 Å². The van der Waals surface area contributed by atoms with Crippen molar-refractivity contribution in [3.05, 3.63) is 34.4 Å². The van der Waals surface area contributed by atoms with Crippen LogP contribution in [0.4, 0.5) is 8.78 Å². The number of halogens is 3. The summed E-state index contributed by atoms with van der Waals surface area (Å²) in [6, 6.07) is 4.20. The van der Waals surface area contributed by atoms with E-state index in [0.29, 0.717) is 5.56 Å². The number of benzene rings is 1. The maximum Gasteiger partial charge on any atom is 0.338 e. The molecule has 0 amide bonds. The third kappa shape index (κ3) is 3.05. The van der Waals surface area contributed by atoms with E-state index in [0.717, 1.165) is 6.07 Å². The Labute approximate surface area is 111 Å². The molecule has 0 aliphatic heterocycles. The first-order valence-corrected chi connectivity index (χ1v) is 6.25. The van der Waals surface area contributed by atoms with Crippen molar-refractivity contribution < 1.29 is 18.3 Å². The van der Waals surface area contributed by atoms with Crippen molar-refractivity contribution in [1.82, 2.24) is 0 Å². The van der Waals surface area contributed by atoms with Crippen molar-refractivity contribution in [1.29, 1.82) is 5.26 Å². The Kier molecular flexibility index (Phi) is 5.23. The summed E-state index contributed by atoms with van der Waals surface area (Å²) < 4.78 is 30.6. The van der Waals surface area contributed by atoms with Crippen molar-refractivity contribution in [2.75, 3.05) is 6.61 Å². The number of nitriles is 1. The lowest BCUT2D eigenvalue weighted by Crippen LogP contribution is -2.12. The van der Waals surface area contributed by atoms with Gasteiger partial charge in [-0.05, 0) is 24.6 Å². The molecule has 3 nitrogen and oxygen atoms in total. The van der Waals surface area contributed by atoms with Gasteiger partial charge in [-0.25, -0.2) is 13.6 Å². The van der Waals surface area contributed by atoms with Gasteiger partial charge in [-0.15, -0.1) is 0 Å². The number of carbonyl (C=O) groups excluding carboxylic acids is 1. The molecule has 6 heteroatoms. The molecule has 0 saturated carbocycles. The monoisotopic (exact) mass is 317 g/mol. The zero-order chi connectivity index (χ0) is 13.7. The normalized spacial score (nSPS) is 10.2. The first-order chi connectivity index (χ1) is 8.54. The summed E-state index contributed by atoms with van der Waals surface area (Å²) in [5.74, 6) is -0.799. The Hall–Kier alpha value is -1.48. The van der Waals surface area contributed by atoms with Crippen molar-refractivity contribution in [3.63, 3.8) is 0 Å². The van der Waals surface area contributed by atoms with Crippen LogP contribution in [0.5, 0.6) is 0 Å². The molecular formula is C12H10BrF2NO2. The summed E-state index contributed by atoms with van der Waals surface area (Å²) >= 11 is 3.11. The van der Waals surface area contributed by atoms with Crippen LogP contribution in [-0.4, -0.2) is 12.6 Å². The van der Waals surface area contributed by atoms with E-state index in [4.69, 9.17) is 10.00 Å². The SMILES string of the molecule is CCOC(=O)c1c(CBr)cc(C#N)cc1C(F)F. The summed E-state index contributed by atoms with van der Waals surface area (Å²) in [5, 5.41) is 8.96. The third-order valence-corrected chi connectivity index (χ3v) is 2.84. The van der Waals surface area contributed by atoms with Gasteiger partial charge in [0.2, 0.25) is 0 Å². The van der Waals surface area contributed by atoms with Crippen molar-refractivity contribution in [3.8, 4) is 6.07 Å². The molecule has 0 heterocycles. The van der Waals surface area contributed by atoms with Gasteiger partial charge in [-0.2, -0.15) is 5.26 Å². The molecule has 0 atom stereocenters. The Bertz CT molecular complexity index is 498. The molecule has 96 valence electrons. The molecule has 1 aromatic rings. The smallest absolute Gasteiger partial charge is 0.338 e. The lowest BCUT2D eigenvalue weighted by Gasteiger charge is -2.12. The van der Waals surface area contributed by atoms with Gasteiger partial charge in [0.1, 0.15) is 0 Å². The maximum absolute atomic E-state index is 12.9. The number of ether oxygens (including phenoxy) is 1. The lowest BCUT2D eigenvalue weighted by molar-refractivity contribution is 0.0514. The molecule has 0 radical (unpaired) electrons. The molecule has 0 bridgehead atoms. The fourth-order valence-electron chi connectivity index (χ4n) is 1.52. The van der Waals surface area contributed by atoms with Crippen molar-refractivity contribution in [2.45, 2.75) is 18.7 Å². The molecule has 0 aliphatic rings. The first kappa shape index (κ1) is 14.6. The molecule has 0 aromatic heterocycles. The van der Waals surface area contributed by atoms with E-state index in [1.807, 2.05) is 0 Å². The van der Waals surface area contributed by atoms with Gasteiger partial charge < -0.3 is 4.74 Å². The highest BCUT2D eigenvalue weighted by atomic mass is 79.9. The predicted octanol–water partition coefficient (Wildman–Crippen LogP) is 3.57. The first-order valence-electron chi connectivity index (χ1n) is 5.13. The number of nitrogens with zero attached hydrogens (tertiary/aromatic N) is 1. The summed E-state index contributed by atoms with van der Waals surface area (Å²) in [6.45, 7) is 1.70. The molecule has 0 fully saturated rings. The molecule has 0 spiro atoms. The van der Waals surface area contributed by atoms with E-state index in [1.54, 1.807) is 13.0 Å². The van der Waals surface area contributed by atoms with Crippen LogP contribution in [0.25, 0.3) is 0 Å². The van der Waals surface area contributed by atoms with Crippen LogP contribution in [0.1, 0.15) is 40.4 Å². The van der Waals surface area contributed by atoms with E-state index in [1.165, 1.54) is 6.07 Å². The van der Waals surface area contributed by atoms with Crippen LogP contribution in [0.2, 0.25) is 0 Å². The van der Waals surface area contributed by atoms with E-state index >= 15 is 0 Å². The van der Waals surface area contributed by atoms with Crippen LogP contribution in [0.3, 0.4) is 0 Å². The van der Waals surface area contributed by atoms with Crippen LogP contribution < -0.4 is 0 Å². The van der Waals surface area contributed by atoms with E-state index in [2.05, 4.69) is 15.9 Å². The van der Waals surface area contributed by atoms with Crippen LogP contribution in [-0.2, 0) is 10.1 Å². The maximum atomic E-state index is 12.9. The predicted molar refractivity (Wildman–Crippen MR) is 64.7 cm³/mol. The number of alkyl halides is 3. The average molecular weight is 318 g/mol. The Morgan fingerprint density at radius 3 is 2.67 bits per heavy atom. The molecule has 0 unspecified atom stereocenters. The van der Waals surface area contributed by atoms with Gasteiger partial charge >= 0.3 is 5.97 Å². The zero-order valence-corrected chi connectivity index (χ0v) is 11.1. The van der Waals surface area contributed by atoms with Gasteiger partial charge in [0.05, 0.1) is 23.8 Å². The van der Waals surface area contributed by atoms with Gasteiger partial charge in [-0.3, -0.25) is 0 Å². The van der Waals surface area contributed by atoms with Gasteiger partial charge in [0.25, 0.3) is 6.43 Å². The standard InChI is InChI=1S/C12H10BrF2NO2/c1-2-18-12(17)10-8(5-13)3-7(6-16)4-9(10)11(14)15/h3-4,11H,2,5H2,1H3. The van der Waals surface area contributed by atoms with Gasteiger partial charge in [0, 0.05) is 10.9 Å². The molecule has 0 saturated heterocycles. The fraction of sp³-hybridized carbons (Fsp3) is 0.333. The van der Waals surface area contributed by atoms with Gasteiger partial charge in [-0.1, -0.05) is 15.9 Å². The average Bonchev–Trinajstić information content (AvgIpc) is 2.37. The number of esters is 1. The van der Waals surface area contributed by atoms with Gasteiger partial charge in [0.15, 0.2) is 0 Å². The van der Waals surface area contributed by atoms with E-state index < -0.39 is 18.0 Å². The number of carbonyl (C=O) groups is 1. The molecule has 0 N–H and O–H groups in total. The minimum absolute atomic E-state index is 0.0906. The van der Waals surface area contributed by atoms with Crippen LogP contribution >= 0.6 is 15.9 Å². The van der Waals surface area contributed by atoms with Crippen molar-refractivity contribution >= 4 is 21.9 Å². The Balaban J connectivity index is 3.45. The largest absolute Gasteiger partial charge is 0.462 e. The second kappa shape index (κ2) is 6.45. The molecule has 1 aromatic carbocycles. The Morgan fingerprint density at radius 2 is 2.22 bits per heavy atom. The quantitative estimate of drug-likeness (QED) is 0.630. The Morgan fingerprint density at radius 1 is 1.56 bits per heavy atom. The molecule has 1 rings (SSSR count). The summed E-state index contributed by atoms with van der Waals surface area (Å²) in [7, 11) is 0. The van der Waals surface area contributed by atoms with Crippen LogP contribution in [0.15, 0.2) is 12.1 Å². The minimum atomic E-state index is -2.84. The third-order valence-electron chi connectivity index (χ3n) is 2.24. The molecule has 0 aliphatic carbocycles. The highest BCUT2D eigenvalue weighted by Gasteiger charge is 2.23. The summed E-state index contributed by atoms with van der Waals surface area (Å²) in [4.78, 5) is 11.7. The second-order valence-electron chi connectivity index (χ2n) is 3.37. The lowest BCUT2D eigenvalue weighted by atomic mass is 9.99. The number of hydrogen-bond donors (Lipinski definition) is 0. The highest BCUT2D eigenvalue weighted by Crippen LogP contribution is 2.29. The minimum Gasteiger partial charge on any atom is -0.462 e. The highest BCUT2D eigenvalue weighted by molar-refractivity contribution is 9.08. The number of rotatable bonds is 4. The van der Waals surface area contributed by atoms with E-state index in [9.17, 15) is 13.6 Å². The second-order valence-corrected chi connectivity index (χ2v) is 3.93. The van der Waals surface area contributed by atoms with E-state index in [-0.39, 0.29) is 23.1 Å². The zero-order valence-electron chi connectivity index (χ0n) is 9.54. The fourth-order valence-corrected chi connectivity index (χ4v) is 1.96. The summed E-state index contributed by atoms with van der Waals surface area (Å²) in [6.07, 6.45) is -2.84. The topological polar surface area (TPSA) is 50.1 Å². The summed E-state index contributed by atoms with van der Waals surface area (Å²) in [5.41, 5.74) is -0.222. The molecular weight excluding hydrogens is 308 g/mol.